The van der Waals surface area contributed by atoms with Gasteiger partial charge in [0.25, 0.3) is 5.91 Å². The Bertz CT molecular complexity index is 857. The molecule has 1 aromatic heterocycles. The predicted octanol–water partition coefficient (Wildman–Crippen LogP) is 3.14. The van der Waals surface area contributed by atoms with Crippen molar-refractivity contribution in [2.75, 3.05) is 16.9 Å². The van der Waals surface area contributed by atoms with E-state index >= 15 is 0 Å². The van der Waals surface area contributed by atoms with Crippen LogP contribution in [0, 0.1) is 6.92 Å². The van der Waals surface area contributed by atoms with Crippen molar-refractivity contribution in [2.45, 2.75) is 39.7 Å². The van der Waals surface area contributed by atoms with Crippen LogP contribution in [0.4, 0.5) is 11.5 Å². The fourth-order valence-corrected chi connectivity index (χ4v) is 2.68. The number of ether oxygens (including phenoxy) is 1. The fourth-order valence-electron chi connectivity index (χ4n) is 2.68. The van der Waals surface area contributed by atoms with Gasteiger partial charge < -0.3 is 14.6 Å². The fraction of sp³-hybridized carbons (Fsp3) is 0.368. The molecule has 1 aromatic carbocycles. The highest BCUT2D eigenvalue weighted by Gasteiger charge is 2.23. The highest BCUT2D eigenvalue weighted by molar-refractivity contribution is 5.97. The number of nitrogens with zero attached hydrogens (tertiary/aromatic N) is 3. The van der Waals surface area contributed by atoms with Gasteiger partial charge in [-0.05, 0) is 44.5 Å². The number of esters is 1. The third kappa shape index (κ3) is 4.52. The van der Waals surface area contributed by atoms with Gasteiger partial charge in [0.05, 0.1) is 11.3 Å². The maximum atomic E-state index is 12.4. The number of amides is 1. The van der Waals surface area contributed by atoms with Crippen LogP contribution in [-0.4, -0.2) is 35.4 Å². The summed E-state index contributed by atoms with van der Waals surface area (Å²) in [5.74, 6) is -0.135. The average Bonchev–Trinajstić information content (AvgIpc) is 3.27. The van der Waals surface area contributed by atoms with Crippen LogP contribution < -0.4 is 10.3 Å². The van der Waals surface area contributed by atoms with Crippen molar-refractivity contribution in [1.29, 1.82) is 0 Å². The summed E-state index contributed by atoms with van der Waals surface area (Å²) in [6.45, 7) is 6.30. The van der Waals surface area contributed by atoms with E-state index in [1.54, 1.807) is 32.0 Å². The first-order valence-corrected chi connectivity index (χ1v) is 8.83. The minimum Gasteiger partial charge on any atom is -0.449 e. The summed E-state index contributed by atoms with van der Waals surface area (Å²) in [6, 6.07) is 8.57. The van der Waals surface area contributed by atoms with Crippen molar-refractivity contribution in [3.05, 3.63) is 41.7 Å². The lowest BCUT2D eigenvalue weighted by Gasteiger charge is -2.16. The maximum Gasteiger partial charge on any atom is 0.338 e. The number of hydrogen-bond acceptors (Lipinski definition) is 7. The van der Waals surface area contributed by atoms with E-state index in [0.29, 0.717) is 17.7 Å². The van der Waals surface area contributed by atoms with Gasteiger partial charge in [0.2, 0.25) is 0 Å². The number of aromatic nitrogens is 1. The van der Waals surface area contributed by atoms with Gasteiger partial charge >= 0.3 is 5.97 Å². The van der Waals surface area contributed by atoms with Crippen LogP contribution in [0.5, 0.6) is 0 Å². The molecule has 8 nitrogen and oxygen atoms in total. The Morgan fingerprint density at radius 3 is 2.59 bits per heavy atom. The predicted molar refractivity (Wildman–Crippen MR) is 101 cm³/mol. The zero-order valence-corrected chi connectivity index (χ0v) is 15.6. The first-order valence-electron chi connectivity index (χ1n) is 8.83. The van der Waals surface area contributed by atoms with Gasteiger partial charge in [0, 0.05) is 24.7 Å². The molecule has 1 atom stereocenters. The monoisotopic (exact) mass is 370 g/mol. The van der Waals surface area contributed by atoms with Crippen LogP contribution in [0.3, 0.4) is 0 Å². The molecule has 0 fully saturated rings. The van der Waals surface area contributed by atoms with Crippen LogP contribution >= 0.6 is 0 Å². The Morgan fingerprint density at radius 2 is 2.04 bits per heavy atom. The molecule has 0 bridgehead atoms. The topological polar surface area (TPSA) is 97.0 Å². The molecular weight excluding hydrogens is 348 g/mol. The third-order valence-corrected chi connectivity index (χ3v) is 4.17. The summed E-state index contributed by atoms with van der Waals surface area (Å²) < 4.78 is 10.3. The van der Waals surface area contributed by atoms with Crippen molar-refractivity contribution >= 4 is 29.1 Å². The first kappa shape index (κ1) is 18.6. The molecule has 0 saturated heterocycles. The molecule has 8 heteroatoms. The highest BCUT2D eigenvalue weighted by Crippen LogP contribution is 2.20. The molecule has 0 radical (unpaired) electrons. The normalized spacial score (nSPS) is 14.6. The van der Waals surface area contributed by atoms with Crippen molar-refractivity contribution < 1.29 is 18.8 Å². The zero-order chi connectivity index (χ0) is 19.4. The number of hydrazone groups is 1. The second kappa shape index (κ2) is 8.03. The van der Waals surface area contributed by atoms with Gasteiger partial charge in [0.15, 0.2) is 11.9 Å². The minimum atomic E-state index is -0.917. The number of carbonyl (C=O) groups is 2. The summed E-state index contributed by atoms with van der Waals surface area (Å²) >= 11 is 0. The van der Waals surface area contributed by atoms with Crippen molar-refractivity contribution in [3.63, 3.8) is 0 Å². The van der Waals surface area contributed by atoms with Crippen LogP contribution in [-0.2, 0) is 9.53 Å². The Kier molecular flexibility index (Phi) is 5.54. The molecule has 3 rings (SSSR count). The van der Waals surface area contributed by atoms with E-state index in [1.807, 2.05) is 24.1 Å². The molecule has 0 aliphatic carbocycles. The summed E-state index contributed by atoms with van der Waals surface area (Å²) in [4.78, 5) is 24.7. The standard InChI is InChI=1S/C19H22N4O4/c1-4-16(18(24)20-17-11-13(3)27-22-17)26-19(25)14-5-7-15(8-6-14)23-10-9-12(2)21-23/h5-8,11,16H,4,9-10H2,1-3H3,(H,20,22,24)/t16-/m0/s1. The third-order valence-electron chi connectivity index (χ3n) is 4.17. The molecule has 1 aliphatic heterocycles. The van der Waals surface area contributed by atoms with Crippen LogP contribution in [0.25, 0.3) is 0 Å². The molecule has 2 heterocycles. The first-order chi connectivity index (χ1) is 13.0. The van der Waals surface area contributed by atoms with Crippen molar-refractivity contribution in [3.8, 4) is 0 Å². The van der Waals surface area contributed by atoms with E-state index in [2.05, 4.69) is 15.6 Å². The van der Waals surface area contributed by atoms with E-state index in [4.69, 9.17) is 9.26 Å². The van der Waals surface area contributed by atoms with E-state index < -0.39 is 18.0 Å². The summed E-state index contributed by atoms with van der Waals surface area (Å²) in [6.07, 6.45) is 0.358. The number of carbonyl (C=O) groups excluding carboxylic acids is 2. The summed E-state index contributed by atoms with van der Waals surface area (Å²) in [5.41, 5.74) is 2.37. The quantitative estimate of drug-likeness (QED) is 0.785. The van der Waals surface area contributed by atoms with E-state index in [-0.39, 0.29) is 5.82 Å². The second-order valence-electron chi connectivity index (χ2n) is 6.37. The van der Waals surface area contributed by atoms with Gasteiger partial charge in [-0.15, -0.1) is 0 Å². The molecule has 0 spiro atoms. The summed E-state index contributed by atoms with van der Waals surface area (Å²) in [7, 11) is 0. The Hall–Kier alpha value is -3.16. The second-order valence-corrected chi connectivity index (χ2v) is 6.37. The smallest absolute Gasteiger partial charge is 0.338 e. The lowest BCUT2D eigenvalue weighted by Crippen LogP contribution is -2.32. The zero-order valence-electron chi connectivity index (χ0n) is 15.6. The lowest BCUT2D eigenvalue weighted by atomic mass is 10.2. The van der Waals surface area contributed by atoms with Gasteiger partial charge in [-0.2, -0.15) is 5.10 Å². The molecule has 1 N–H and O–H groups in total. The molecule has 142 valence electrons. The minimum absolute atomic E-state index is 0.290. The largest absolute Gasteiger partial charge is 0.449 e. The van der Waals surface area contributed by atoms with Gasteiger partial charge in [0.1, 0.15) is 5.76 Å². The van der Waals surface area contributed by atoms with E-state index in [9.17, 15) is 9.59 Å². The molecule has 0 unspecified atom stereocenters. The van der Waals surface area contributed by atoms with Gasteiger partial charge in [-0.25, -0.2) is 4.79 Å². The number of nitrogens with one attached hydrogen (secondary N) is 1. The molecule has 2 aromatic rings. The number of hydrogen-bond donors (Lipinski definition) is 1. The van der Waals surface area contributed by atoms with Crippen molar-refractivity contribution in [1.82, 2.24) is 5.16 Å². The van der Waals surface area contributed by atoms with Crippen LogP contribution in [0.2, 0.25) is 0 Å². The van der Waals surface area contributed by atoms with Gasteiger partial charge in [-0.1, -0.05) is 12.1 Å². The van der Waals surface area contributed by atoms with Crippen molar-refractivity contribution in [2.24, 2.45) is 5.10 Å². The van der Waals surface area contributed by atoms with Gasteiger partial charge in [-0.3, -0.25) is 9.80 Å². The summed E-state index contributed by atoms with van der Waals surface area (Å²) in [5, 5.41) is 12.6. The molecular formula is C19H22N4O4. The van der Waals surface area contributed by atoms with Crippen LogP contribution in [0.15, 0.2) is 40.0 Å². The van der Waals surface area contributed by atoms with Crippen LogP contribution in [0.1, 0.15) is 42.8 Å². The number of aryl methyl sites for hydroxylation is 1. The SMILES string of the molecule is CC[C@H](OC(=O)c1ccc(N2CCC(C)=N2)cc1)C(=O)Nc1cc(C)on1. The molecule has 27 heavy (non-hydrogen) atoms. The van der Waals surface area contributed by atoms with E-state index in [1.165, 1.54) is 0 Å². The molecule has 0 saturated carbocycles. The number of benzene rings is 1. The lowest BCUT2D eigenvalue weighted by molar-refractivity contribution is -0.124. The number of rotatable bonds is 6. The molecule has 1 amide bonds. The Morgan fingerprint density at radius 1 is 1.30 bits per heavy atom. The highest BCUT2D eigenvalue weighted by atomic mass is 16.5. The maximum absolute atomic E-state index is 12.4. The Labute approximate surface area is 157 Å². The van der Waals surface area contributed by atoms with E-state index in [0.717, 1.165) is 24.4 Å². The average molecular weight is 370 g/mol. The number of anilines is 2. The Balaban J connectivity index is 1.61. The molecule has 1 aliphatic rings.